The quantitative estimate of drug-likeness (QED) is 0.930. The summed E-state index contributed by atoms with van der Waals surface area (Å²) in [5.74, 6) is 0.384. The van der Waals surface area contributed by atoms with Gasteiger partial charge >= 0.3 is 0 Å². The first-order valence-corrected chi connectivity index (χ1v) is 7.72. The fraction of sp³-hybridized carbons (Fsp3) is 0.562. The van der Waals surface area contributed by atoms with Crippen molar-refractivity contribution in [3.63, 3.8) is 0 Å². The molecule has 1 fully saturated rings. The highest BCUT2D eigenvalue weighted by Gasteiger charge is 2.28. The third-order valence-electron chi connectivity index (χ3n) is 3.79. The van der Waals surface area contributed by atoms with Crippen molar-refractivity contribution in [2.24, 2.45) is 5.92 Å². The number of benzene rings is 1. The van der Waals surface area contributed by atoms with Crippen LogP contribution in [0.1, 0.15) is 31.7 Å². The average Bonchev–Trinajstić information content (AvgIpc) is 2.67. The van der Waals surface area contributed by atoms with Crippen LogP contribution in [0.4, 0.5) is 0 Å². The number of carbonyl (C=O) groups excluding carboxylic acids is 1. The molecule has 0 aromatic heterocycles. The highest BCUT2D eigenvalue weighted by Crippen LogP contribution is 2.28. The summed E-state index contributed by atoms with van der Waals surface area (Å²) in [6.45, 7) is 7.71. The number of nitrogens with zero attached hydrogens (tertiary/aromatic N) is 1. The van der Waals surface area contributed by atoms with Gasteiger partial charge in [-0.05, 0) is 36.6 Å². The van der Waals surface area contributed by atoms with E-state index in [0.29, 0.717) is 5.02 Å². The molecule has 3 nitrogen and oxygen atoms in total. The van der Waals surface area contributed by atoms with E-state index in [1.807, 2.05) is 29.2 Å². The van der Waals surface area contributed by atoms with E-state index in [4.69, 9.17) is 11.6 Å². The van der Waals surface area contributed by atoms with Gasteiger partial charge in [0.25, 0.3) is 0 Å². The van der Waals surface area contributed by atoms with E-state index in [9.17, 15) is 4.79 Å². The average molecular weight is 295 g/mol. The Morgan fingerprint density at radius 2 is 2.10 bits per heavy atom. The Morgan fingerprint density at radius 3 is 2.80 bits per heavy atom. The summed E-state index contributed by atoms with van der Waals surface area (Å²) >= 11 is 6.08. The molecule has 1 unspecified atom stereocenters. The first kappa shape index (κ1) is 15.3. The lowest BCUT2D eigenvalue weighted by Gasteiger charge is -2.28. The molecule has 2 rings (SSSR count). The van der Waals surface area contributed by atoms with E-state index in [-0.39, 0.29) is 17.7 Å². The second-order valence-corrected chi connectivity index (χ2v) is 6.14. The molecule has 4 heteroatoms. The van der Waals surface area contributed by atoms with E-state index in [2.05, 4.69) is 19.2 Å². The molecule has 1 amide bonds. The van der Waals surface area contributed by atoms with Crippen molar-refractivity contribution >= 4 is 17.5 Å². The Bertz CT molecular complexity index is 454. The Balaban J connectivity index is 2.21. The zero-order valence-corrected chi connectivity index (χ0v) is 13.0. The summed E-state index contributed by atoms with van der Waals surface area (Å²) in [7, 11) is 0. The number of nitrogens with one attached hydrogen (secondary N) is 1. The maximum Gasteiger partial charge on any atom is 0.230 e. The Morgan fingerprint density at radius 1 is 1.30 bits per heavy atom. The van der Waals surface area contributed by atoms with Crippen molar-refractivity contribution < 1.29 is 4.79 Å². The second-order valence-electron chi connectivity index (χ2n) is 5.71. The molecule has 0 aliphatic carbocycles. The third kappa shape index (κ3) is 3.74. The van der Waals surface area contributed by atoms with Crippen LogP contribution in [-0.2, 0) is 4.79 Å². The minimum atomic E-state index is -0.105. The van der Waals surface area contributed by atoms with Crippen LogP contribution in [0.3, 0.4) is 0 Å². The summed E-state index contributed by atoms with van der Waals surface area (Å²) in [5, 5.41) is 4.03. The summed E-state index contributed by atoms with van der Waals surface area (Å²) in [6, 6.07) is 7.69. The lowest BCUT2D eigenvalue weighted by atomic mass is 9.87. The van der Waals surface area contributed by atoms with Crippen molar-refractivity contribution in [1.29, 1.82) is 0 Å². The van der Waals surface area contributed by atoms with Crippen LogP contribution in [0.5, 0.6) is 0 Å². The molecule has 20 heavy (non-hydrogen) atoms. The van der Waals surface area contributed by atoms with Crippen molar-refractivity contribution in [3.8, 4) is 0 Å². The summed E-state index contributed by atoms with van der Waals surface area (Å²) in [5.41, 5.74) is 1.02. The van der Waals surface area contributed by atoms with E-state index in [1.54, 1.807) is 0 Å². The predicted octanol–water partition coefficient (Wildman–Crippen LogP) is 2.90. The minimum Gasteiger partial charge on any atom is -0.341 e. The monoisotopic (exact) mass is 294 g/mol. The van der Waals surface area contributed by atoms with Gasteiger partial charge < -0.3 is 10.2 Å². The zero-order valence-electron chi connectivity index (χ0n) is 12.2. The molecule has 1 N–H and O–H groups in total. The highest BCUT2D eigenvalue weighted by molar-refractivity contribution is 6.30. The molecule has 0 saturated carbocycles. The fourth-order valence-electron chi connectivity index (χ4n) is 2.78. The van der Waals surface area contributed by atoms with E-state index < -0.39 is 0 Å². The maximum atomic E-state index is 12.9. The molecule has 110 valence electrons. The van der Waals surface area contributed by atoms with Gasteiger partial charge in [-0.3, -0.25) is 4.79 Å². The van der Waals surface area contributed by atoms with Crippen LogP contribution in [-0.4, -0.2) is 37.0 Å². The van der Waals surface area contributed by atoms with Gasteiger partial charge in [-0.15, -0.1) is 0 Å². The van der Waals surface area contributed by atoms with Crippen molar-refractivity contribution in [2.75, 3.05) is 26.2 Å². The fourth-order valence-corrected chi connectivity index (χ4v) is 2.97. The number of hydrogen-bond donors (Lipinski definition) is 1. The third-order valence-corrected chi connectivity index (χ3v) is 4.03. The largest absolute Gasteiger partial charge is 0.341 e. The SMILES string of the molecule is CC(C)C(C(=O)N1CCCNCC1)c1cccc(Cl)c1. The van der Waals surface area contributed by atoms with Gasteiger partial charge in [0.2, 0.25) is 5.91 Å². The molecule has 1 atom stereocenters. The maximum absolute atomic E-state index is 12.9. The molecular formula is C16H23ClN2O. The summed E-state index contributed by atoms with van der Waals surface area (Å²) < 4.78 is 0. The number of hydrogen-bond acceptors (Lipinski definition) is 2. The molecule has 0 radical (unpaired) electrons. The Hall–Kier alpha value is -1.06. The number of carbonyl (C=O) groups is 1. The lowest BCUT2D eigenvalue weighted by molar-refractivity contribution is -0.133. The van der Waals surface area contributed by atoms with Gasteiger partial charge in [-0.1, -0.05) is 37.6 Å². The van der Waals surface area contributed by atoms with Crippen LogP contribution >= 0.6 is 11.6 Å². The normalized spacial score (nSPS) is 17.9. The van der Waals surface area contributed by atoms with Crippen LogP contribution in [0.25, 0.3) is 0 Å². The molecule has 1 aromatic carbocycles. The molecule has 1 heterocycles. The molecule has 1 aliphatic rings. The molecule has 1 aliphatic heterocycles. The molecule has 0 spiro atoms. The first-order chi connectivity index (χ1) is 9.59. The summed E-state index contributed by atoms with van der Waals surface area (Å²) in [4.78, 5) is 14.9. The smallest absolute Gasteiger partial charge is 0.230 e. The van der Waals surface area contributed by atoms with Gasteiger partial charge in [0.15, 0.2) is 0 Å². The van der Waals surface area contributed by atoms with Crippen molar-refractivity contribution in [3.05, 3.63) is 34.9 Å². The molecule has 1 saturated heterocycles. The van der Waals surface area contributed by atoms with Gasteiger partial charge in [0.1, 0.15) is 0 Å². The van der Waals surface area contributed by atoms with Crippen LogP contribution in [0.2, 0.25) is 5.02 Å². The topological polar surface area (TPSA) is 32.3 Å². The molecular weight excluding hydrogens is 272 g/mol. The number of amides is 1. The zero-order chi connectivity index (χ0) is 14.5. The Labute approximate surface area is 126 Å². The number of halogens is 1. The highest BCUT2D eigenvalue weighted by atomic mass is 35.5. The van der Waals surface area contributed by atoms with E-state index in [0.717, 1.165) is 38.2 Å². The van der Waals surface area contributed by atoms with Gasteiger partial charge in [-0.2, -0.15) is 0 Å². The van der Waals surface area contributed by atoms with Crippen molar-refractivity contribution in [2.45, 2.75) is 26.2 Å². The molecule has 0 bridgehead atoms. The lowest BCUT2D eigenvalue weighted by Crippen LogP contribution is -2.39. The summed E-state index contributed by atoms with van der Waals surface area (Å²) in [6.07, 6.45) is 1.02. The minimum absolute atomic E-state index is 0.105. The first-order valence-electron chi connectivity index (χ1n) is 7.34. The second kappa shape index (κ2) is 7.09. The van der Waals surface area contributed by atoms with Crippen molar-refractivity contribution in [1.82, 2.24) is 10.2 Å². The van der Waals surface area contributed by atoms with Gasteiger partial charge in [-0.25, -0.2) is 0 Å². The van der Waals surface area contributed by atoms with Crippen LogP contribution in [0.15, 0.2) is 24.3 Å². The number of rotatable bonds is 3. The van der Waals surface area contributed by atoms with Crippen LogP contribution < -0.4 is 5.32 Å². The predicted molar refractivity (Wildman–Crippen MR) is 83.1 cm³/mol. The van der Waals surface area contributed by atoms with Gasteiger partial charge in [0.05, 0.1) is 5.92 Å². The van der Waals surface area contributed by atoms with Gasteiger partial charge in [0, 0.05) is 24.7 Å². The van der Waals surface area contributed by atoms with E-state index in [1.165, 1.54) is 0 Å². The standard InChI is InChI=1S/C16H23ClN2O/c1-12(2)15(13-5-3-6-14(17)11-13)16(20)19-9-4-7-18-8-10-19/h3,5-6,11-12,15,18H,4,7-10H2,1-2H3. The molecule has 1 aromatic rings. The van der Waals surface area contributed by atoms with Crippen LogP contribution in [0, 0.1) is 5.92 Å². The Kier molecular flexibility index (Phi) is 5.44. The van der Waals surface area contributed by atoms with E-state index >= 15 is 0 Å².